The normalized spacial score (nSPS) is 11.8. The van der Waals surface area contributed by atoms with Gasteiger partial charge in [-0.1, -0.05) is 35.9 Å². The molecule has 0 saturated carbocycles. The van der Waals surface area contributed by atoms with Crippen LogP contribution in [0.15, 0.2) is 36.4 Å². The topological polar surface area (TPSA) is 33.0 Å². The van der Waals surface area contributed by atoms with Gasteiger partial charge in [-0.05, 0) is 55.2 Å². The average Bonchev–Trinajstić information content (AvgIpc) is 2.52. The van der Waals surface area contributed by atoms with Gasteiger partial charge in [0.25, 0.3) is 0 Å². The molecule has 0 aliphatic carbocycles. The van der Waals surface area contributed by atoms with Gasteiger partial charge in [-0.25, -0.2) is 0 Å². The van der Waals surface area contributed by atoms with E-state index in [1.165, 1.54) is 11.1 Å². The quantitative estimate of drug-likeness (QED) is 0.746. The monoisotopic (exact) mass is 313 g/mol. The molecule has 0 aliphatic heterocycles. The molecule has 114 valence electrons. The summed E-state index contributed by atoms with van der Waals surface area (Å²) in [5, 5.41) is 10.0. The highest BCUT2D eigenvalue weighted by Gasteiger charge is 2.12. The number of halogens is 1. The average molecular weight is 314 g/mol. The predicted molar refractivity (Wildman–Crippen MR) is 90.6 cm³/mol. The zero-order valence-corrected chi connectivity index (χ0v) is 13.9. The maximum absolute atomic E-state index is 9.36. The van der Waals surface area contributed by atoms with Crippen molar-refractivity contribution in [3.05, 3.63) is 63.7 Å². The molecule has 0 aliphatic rings. The molecule has 1 unspecified atom stereocenters. The lowest BCUT2D eigenvalue weighted by atomic mass is 9.98. The van der Waals surface area contributed by atoms with Crippen molar-refractivity contribution in [2.75, 3.05) is 6.61 Å². The zero-order valence-electron chi connectivity index (χ0n) is 13.2. The molecule has 0 saturated heterocycles. The van der Waals surface area contributed by atoms with Crippen LogP contribution in [0.3, 0.4) is 0 Å². The van der Waals surface area contributed by atoms with E-state index in [-0.39, 0.29) is 5.92 Å². The van der Waals surface area contributed by atoms with Crippen molar-refractivity contribution < 1.29 is 4.74 Å². The summed E-state index contributed by atoms with van der Waals surface area (Å²) in [5.74, 6) is 0.760. The molecule has 1 atom stereocenters. The van der Waals surface area contributed by atoms with Crippen LogP contribution < -0.4 is 4.74 Å². The highest BCUT2D eigenvalue weighted by Crippen LogP contribution is 2.27. The first-order valence-electron chi connectivity index (χ1n) is 7.37. The van der Waals surface area contributed by atoms with Crippen LogP contribution in [0.25, 0.3) is 0 Å². The number of hydrogen-bond acceptors (Lipinski definition) is 2. The molecule has 2 rings (SSSR count). The Balaban J connectivity index is 2.02. The highest BCUT2D eigenvalue weighted by molar-refractivity contribution is 6.30. The van der Waals surface area contributed by atoms with Gasteiger partial charge in [0.1, 0.15) is 5.75 Å². The molecule has 0 amide bonds. The number of nitrogens with zero attached hydrogens (tertiary/aromatic N) is 1. The van der Waals surface area contributed by atoms with E-state index in [0.717, 1.165) is 16.9 Å². The van der Waals surface area contributed by atoms with Crippen LogP contribution in [0, 0.1) is 32.1 Å². The molecule has 0 spiro atoms. The minimum atomic E-state index is -0.178. The maximum atomic E-state index is 9.36. The van der Waals surface area contributed by atoms with Crippen molar-refractivity contribution in [1.82, 2.24) is 0 Å². The number of nitriles is 1. The number of hydrogen-bond donors (Lipinski definition) is 0. The second kappa shape index (κ2) is 7.33. The van der Waals surface area contributed by atoms with E-state index in [1.54, 1.807) is 0 Å². The van der Waals surface area contributed by atoms with Crippen LogP contribution in [-0.2, 0) is 0 Å². The molecule has 0 heterocycles. The standard InChI is InChI=1S/C19H20ClNO/c1-13-4-5-14(2)19(15(13)3)22-11-10-17(12-21)16-6-8-18(20)9-7-16/h4-9,17H,10-11H2,1-3H3. The van der Waals surface area contributed by atoms with E-state index in [0.29, 0.717) is 18.1 Å². The molecule has 2 nitrogen and oxygen atoms in total. The molecule has 22 heavy (non-hydrogen) atoms. The van der Waals surface area contributed by atoms with E-state index in [1.807, 2.05) is 31.2 Å². The fraction of sp³-hybridized carbons (Fsp3) is 0.316. The first-order chi connectivity index (χ1) is 10.5. The van der Waals surface area contributed by atoms with Crippen molar-refractivity contribution in [2.45, 2.75) is 33.1 Å². The van der Waals surface area contributed by atoms with Crippen LogP contribution in [0.5, 0.6) is 5.75 Å². The van der Waals surface area contributed by atoms with Gasteiger partial charge >= 0.3 is 0 Å². The van der Waals surface area contributed by atoms with E-state index in [4.69, 9.17) is 16.3 Å². The van der Waals surface area contributed by atoms with Crippen LogP contribution in [-0.4, -0.2) is 6.61 Å². The van der Waals surface area contributed by atoms with Crippen molar-refractivity contribution in [3.8, 4) is 11.8 Å². The van der Waals surface area contributed by atoms with Gasteiger partial charge in [0.2, 0.25) is 0 Å². The second-order valence-corrected chi connectivity index (χ2v) is 5.96. The number of aryl methyl sites for hydroxylation is 2. The van der Waals surface area contributed by atoms with Gasteiger partial charge in [0.05, 0.1) is 18.6 Å². The van der Waals surface area contributed by atoms with Crippen molar-refractivity contribution in [2.24, 2.45) is 0 Å². The van der Waals surface area contributed by atoms with E-state index < -0.39 is 0 Å². The highest BCUT2D eigenvalue weighted by atomic mass is 35.5. The molecule has 0 N–H and O–H groups in total. The van der Waals surface area contributed by atoms with Gasteiger partial charge in [-0.15, -0.1) is 0 Å². The Kier molecular flexibility index (Phi) is 5.46. The molecule has 0 radical (unpaired) electrons. The van der Waals surface area contributed by atoms with Crippen molar-refractivity contribution >= 4 is 11.6 Å². The van der Waals surface area contributed by atoms with Crippen LogP contribution in [0.1, 0.15) is 34.6 Å². The summed E-state index contributed by atoms with van der Waals surface area (Å²) < 4.78 is 5.95. The third-order valence-electron chi connectivity index (χ3n) is 3.95. The second-order valence-electron chi connectivity index (χ2n) is 5.52. The maximum Gasteiger partial charge on any atom is 0.125 e. The van der Waals surface area contributed by atoms with Crippen molar-refractivity contribution in [3.63, 3.8) is 0 Å². The molecule has 0 bridgehead atoms. The van der Waals surface area contributed by atoms with Gasteiger partial charge < -0.3 is 4.74 Å². The molecule has 3 heteroatoms. The molecular formula is C19H20ClNO. The third-order valence-corrected chi connectivity index (χ3v) is 4.21. The van der Waals surface area contributed by atoms with Gasteiger partial charge in [-0.3, -0.25) is 0 Å². The molecule has 0 fully saturated rings. The fourth-order valence-electron chi connectivity index (χ4n) is 2.43. The molecule has 0 aromatic heterocycles. The number of ether oxygens (including phenoxy) is 1. The van der Waals surface area contributed by atoms with E-state index in [2.05, 4.69) is 32.0 Å². The molecule has 2 aromatic carbocycles. The smallest absolute Gasteiger partial charge is 0.125 e. The fourth-order valence-corrected chi connectivity index (χ4v) is 2.55. The lowest BCUT2D eigenvalue weighted by Gasteiger charge is -2.15. The summed E-state index contributed by atoms with van der Waals surface area (Å²) in [7, 11) is 0. The van der Waals surface area contributed by atoms with E-state index in [9.17, 15) is 5.26 Å². The minimum Gasteiger partial charge on any atom is -0.493 e. The Morgan fingerprint density at radius 2 is 1.68 bits per heavy atom. The predicted octanol–water partition coefficient (Wildman–Crippen LogP) is 5.34. The Bertz CT molecular complexity index is 686. The summed E-state index contributed by atoms with van der Waals surface area (Å²) >= 11 is 5.89. The summed E-state index contributed by atoms with van der Waals surface area (Å²) in [4.78, 5) is 0. The number of rotatable bonds is 5. The molecule has 2 aromatic rings. The van der Waals surface area contributed by atoms with Crippen molar-refractivity contribution in [1.29, 1.82) is 5.26 Å². The minimum absolute atomic E-state index is 0.178. The Morgan fingerprint density at radius 1 is 1.05 bits per heavy atom. The SMILES string of the molecule is Cc1ccc(C)c(OCCC(C#N)c2ccc(Cl)cc2)c1C. The van der Waals surface area contributed by atoms with Crippen LogP contribution in [0.2, 0.25) is 5.02 Å². The Labute approximate surface area is 137 Å². The third kappa shape index (κ3) is 3.81. The van der Waals surface area contributed by atoms with E-state index >= 15 is 0 Å². The summed E-state index contributed by atoms with van der Waals surface area (Å²) in [5.41, 5.74) is 4.49. The van der Waals surface area contributed by atoms with Crippen LogP contribution in [0.4, 0.5) is 0 Å². The van der Waals surface area contributed by atoms with Crippen LogP contribution >= 0.6 is 11.6 Å². The largest absolute Gasteiger partial charge is 0.493 e. The Hall–Kier alpha value is -1.98. The first-order valence-corrected chi connectivity index (χ1v) is 7.75. The lowest BCUT2D eigenvalue weighted by Crippen LogP contribution is -2.06. The molecular weight excluding hydrogens is 294 g/mol. The first kappa shape index (κ1) is 16.4. The van der Waals surface area contributed by atoms with Gasteiger partial charge in [-0.2, -0.15) is 5.26 Å². The Morgan fingerprint density at radius 3 is 2.32 bits per heavy atom. The summed E-state index contributed by atoms with van der Waals surface area (Å²) in [6, 6.07) is 13.9. The lowest BCUT2D eigenvalue weighted by molar-refractivity contribution is 0.302. The number of benzene rings is 2. The summed E-state index contributed by atoms with van der Waals surface area (Å²) in [6.45, 7) is 6.71. The summed E-state index contributed by atoms with van der Waals surface area (Å²) in [6.07, 6.45) is 0.658. The van der Waals surface area contributed by atoms with Gasteiger partial charge in [0.15, 0.2) is 0 Å². The van der Waals surface area contributed by atoms with Gasteiger partial charge in [0, 0.05) is 11.4 Å². The zero-order chi connectivity index (χ0) is 16.1.